The summed E-state index contributed by atoms with van der Waals surface area (Å²) in [6.07, 6.45) is 2.45. The van der Waals surface area contributed by atoms with E-state index in [0.717, 1.165) is 0 Å². The van der Waals surface area contributed by atoms with Crippen LogP contribution in [0.2, 0.25) is 0 Å². The largest absolute Gasteiger partial charge is 0.434 e. The molecule has 1 aromatic rings. The smallest absolute Gasteiger partial charge is 0.358 e. The van der Waals surface area contributed by atoms with Gasteiger partial charge in [-0.2, -0.15) is 0 Å². The van der Waals surface area contributed by atoms with Crippen LogP contribution in [0, 0.1) is 10.1 Å². The Hall–Kier alpha value is -1.92. The number of amidine groups is 1. The molecular formula is C4H4N4O3. The minimum Gasteiger partial charge on any atom is -0.358 e. The van der Waals surface area contributed by atoms with Crippen LogP contribution in [0.5, 0.6) is 0 Å². The molecule has 1 aromatic heterocycles. The second-order valence-corrected chi connectivity index (χ2v) is 1.65. The zero-order valence-electron chi connectivity index (χ0n) is 5.26. The molecule has 1 heterocycles. The molecule has 0 aliphatic heterocycles. The Bertz CT molecular complexity index is 278. The lowest BCUT2D eigenvalue weighted by molar-refractivity contribution is -0.351. The first-order chi connectivity index (χ1) is 5.25. The lowest BCUT2D eigenvalue weighted by Gasteiger charge is -1.89. The van der Waals surface area contributed by atoms with Gasteiger partial charge in [-0.15, -0.1) is 0 Å². The third-order valence-electron chi connectivity index (χ3n) is 1.01. The van der Waals surface area contributed by atoms with E-state index >= 15 is 0 Å². The highest BCUT2D eigenvalue weighted by molar-refractivity contribution is 5.89. The summed E-state index contributed by atoms with van der Waals surface area (Å²) < 4.78 is 0. The number of rotatable bonds is 1. The molecule has 11 heavy (non-hydrogen) atoms. The highest BCUT2D eigenvalue weighted by Gasteiger charge is 2.17. The van der Waals surface area contributed by atoms with E-state index < -0.39 is 10.8 Å². The number of H-pyrrole nitrogens is 1. The molecule has 0 bridgehead atoms. The summed E-state index contributed by atoms with van der Waals surface area (Å²) in [5, 5.41) is 20.7. The Morgan fingerprint density at radius 3 is 3.00 bits per heavy atom. The van der Waals surface area contributed by atoms with Gasteiger partial charge in [0.25, 0.3) is 0 Å². The second kappa shape index (κ2) is 2.78. The zero-order valence-corrected chi connectivity index (χ0v) is 5.26. The molecule has 0 aromatic carbocycles. The van der Waals surface area contributed by atoms with E-state index in [1.165, 1.54) is 12.5 Å². The standard InChI is InChI=1S/C4H4N4O3/c9-7-4(8(10)11)3-1-5-2-6-3/h1-2,9H,(H,5,6). The molecule has 0 radical (unpaired) electrons. The first-order valence-electron chi connectivity index (χ1n) is 2.61. The molecular weight excluding hydrogens is 152 g/mol. The van der Waals surface area contributed by atoms with Gasteiger partial charge in [0.1, 0.15) is 0 Å². The number of nitrogens with one attached hydrogen (secondary N) is 1. The van der Waals surface area contributed by atoms with Gasteiger partial charge in [0, 0.05) is 0 Å². The Kier molecular flexibility index (Phi) is 1.81. The van der Waals surface area contributed by atoms with Crippen molar-refractivity contribution < 1.29 is 10.1 Å². The average molecular weight is 156 g/mol. The van der Waals surface area contributed by atoms with Gasteiger partial charge >= 0.3 is 5.84 Å². The van der Waals surface area contributed by atoms with Crippen LogP contribution in [-0.2, 0) is 0 Å². The van der Waals surface area contributed by atoms with Crippen LogP contribution in [0.4, 0.5) is 0 Å². The van der Waals surface area contributed by atoms with Gasteiger partial charge in [-0.25, -0.2) is 4.98 Å². The third-order valence-corrected chi connectivity index (χ3v) is 1.01. The molecule has 7 nitrogen and oxygen atoms in total. The topological polar surface area (TPSA) is 104 Å². The summed E-state index contributed by atoms with van der Waals surface area (Å²) in [5.41, 5.74) is 0.0671. The maximum absolute atomic E-state index is 10.1. The maximum atomic E-state index is 10.1. The van der Waals surface area contributed by atoms with Crippen molar-refractivity contribution in [2.45, 2.75) is 0 Å². The predicted molar refractivity (Wildman–Crippen MR) is 33.9 cm³/mol. The quantitative estimate of drug-likeness (QED) is 0.193. The summed E-state index contributed by atoms with van der Waals surface area (Å²) in [6.45, 7) is 0. The molecule has 0 unspecified atom stereocenters. The minimum atomic E-state index is -0.812. The maximum Gasteiger partial charge on any atom is 0.434 e. The summed E-state index contributed by atoms with van der Waals surface area (Å²) in [5.74, 6) is -0.650. The van der Waals surface area contributed by atoms with E-state index in [1.807, 2.05) is 0 Å². The van der Waals surface area contributed by atoms with Crippen molar-refractivity contribution in [2.24, 2.45) is 5.16 Å². The third kappa shape index (κ3) is 1.31. The molecule has 58 valence electrons. The van der Waals surface area contributed by atoms with Crippen molar-refractivity contribution in [3.63, 3.8) is 0 Å². The van der Waals surface area contributed by atoms with Crippen molar-refractivity contribution in [3.05, 3.63) is 28.3 Å². The average Bonchev–Trinajstić information content (AvgIpc) is 2.40. The normalized spacial score (nSPS) is 11.5. The van der Waals surface area contributed by atoms with E-state index in [1.54, 1.807) is 0 Å². The number of hydrogen-bond donors (Lipinski definition) is 2. The van der Waals surface area contributed by atoms with Gasteiger partial charge in [0.05, 0.1) is 12.5 Å². The van der Waals surface area contributed by atoms with Crippen LogP contribution >= 0.6 is 0 Å². The molecule has 0 fully saturated rings. The zero-order chi connectivity index (χ0) is 8.27. The van der Waals surface area contributed by atoms with Crippen LogP contribution < -0.4 is 0 Å². The van der Waals surface area contributed by atoms with Gasteiger partial charge in [0.15, 0.2) is 10.8 Å². The van der Waals surface area contributed by atoms with Crippen molar-refractivity contribution >= 4 is 5.84 Å². The highest BCUT2D eigenvalue weighted by atomic mass is 16.6. The summed E-state index contributed by atoms with van der Waals surface area (Å²) in [6, 6.07) is 0. The summed E-state index contributed by atoms with van der Waals surface area (Å²) in [4.78, 5) is 15.2. The number of nitro groups is 1. The van der Waals surface area contributed by atoms with E-state index in [2.05, 4.69) is 15.1 Å². The highest BCUT2D eigenvalue weighted by Crippen LogP contribution is 1.94. The molecule has 0 aliphatic carbocycles. The molecule has 7 heteroatoms. The second-order valence-electron chi connectivity index (χ2n) is 1.65. The lowest BCUT2D eigenvalue weighted by atomic mass is 10.4. The van der Waals surface area contributed by atoms with Crippen LogP contribution in [0.3, 0.4) is 0 Å². The van der Waals surface area contributed by atoms with Gasteiger partial charge in [-0.1, -0.05) is 0 Å². The number of imidazole rings is 1. The Morgan fingerprint density at radius 1 is 1.91 bits per heavy atom. The number of nitrogens with zero attached hydrogens (tertiary/aromatic N) is 3. The van der Waals surface area contributed by atoms with E-state index in [-0.39, 0.29) is 5.69 Å². The van der Waals surface area contributed by atoms with E-state index in [4.69, 9.17) is 5.21 Å². The monoisotopic (exact) mass is 156 g/mol. The molecule has 0 saturated carbocycles. The number of hydrogen-bond acceptors (Lipinski definition) is 5. The lowest BCUT2D eigenvalue weighted by Crippen LogP contribution is -2.13. The Morgan fingerprint density at radius 2 is 2.64 bits per heavy atom. The number of oxime groups is 1. The van der Waals surface area contributed by atoms with Crippen molar-refractivity contribution in [1.82, 2.24) is 9.97 Å². The van der Waals surface area contributed by atoms with Crippen LogP contribution in [-0.4, -0.2) is 25.9 Å². The fourth-order valence-corrected chi connectivity index (χ4v) is 0.567. The molecule has 0 saturated heterocycles. The van der Waals surface area contributed by atoms with Crippen molar-refractivity contribution in [2.75, 3.05) is 0 Å². The van der Waals surface area contributed by atoms with Gasteiger partial charge in [0.2, 0.25) is 0 Å². The summed E-state index contributed by atoms with van der Waals surface area (Å²) >= 11 is 0. The SMILES string of the molecule is O=[N+]([O-])C(=NO)c1cnc[nH]1. The van der Waals surface area contributed by atoms with Crippen LogP contribution in [0.15, 0.2) is 17.7 Å². The molecule has 0 spiro atoms. The number of aromatic nitrogens is 2. The first kappa shape index (κ1) is 7.19. The van der Waals surface area contributed by atoms with Gasteiger partial charge in [-0.05, 0) is 4.92 Å². The molecule has 0 amide bonds. The molecule has 0 aliphatic rings. The first-order valence-corrected chi connectivity index (χ1v) is 2.61. The van der Waals surface area contributed by atoms with Crippen LogP contribution in [0.25, 0.3) is 0 Å². The molecule has 0 atom stereocenters. The van der Waals surface area contributed by atoms with E-state index in [9.17, 15) is 10.1 Å². The predicted octanol–water partition coefficient (Wildman–Crippen LogP) is -0.178. The van der Waals surface area contributed by atoms with Crippen molar-refractivity contribution in [1.29, 1.82) is 0 Å². The molecule has 1 rings (SSSR count). The van der Waals surface area contributed by atoms with Crippen LogP contribution in [0.1, 0.15) is 5.69 Å². The number of aromatic amines is 1. The molecule has 2 N–H and O–H groups in total. The Balaban J connectivity index is 2.99. The van der Waals surface area contributed by atoms with E-state index in [0.29, 0.717) is 0 Å². The minimum absolute atomic E-state index is 0.0671. The van der Waals surface area contributed by atoms with Gasteiger partial charge < -0.3 is 20.3 Å². The van der Waals surface area contributed by atoms with Crippen molar-refractivity contribution in [3.8, 4) is 0 Å². The fraction of sp³-hybridized carbons (Fsp3) is 0. The Labute approximate surface area is 60.5 Å². The van der Waals surface area contributed by atoms with Gasteiger partial charge in [-0.3, -0.25) is 0 Å². The fourth-order valence-electron chi connectivity index (χ4n) is 0.567. The summed E-state index contributed by atoms with van der Waals surface area (Å²) in [7, 11) is 0.